The molecule has 0 aliphatic carbocycles. The molecule has 0 radical (unpaired) electrons. The molecule has 0 saturated heterocycles. The van der Waals surface area contributed by atoms with E-state index in [1.807, 2.05) is 13.0 Å². The van der Waals surface area contributed by atoms with Gasteiger partial charge < -0.3 is 24.4 Å². The molecule has 0 atom stereocenters. The van der Waals surface area contributed by atoms with Gasteiger partial charge in [0, 0.05) is 11.3 Å². The number of anilines is 1. The van der Waals surface area contributed by atoms with Crippen LogP contribution in [-0.2, 0) is 9.63 Å². The number of hydrogen-bond donors (Lipinski definition) is 1. The maximum Gasteiger partial charge on any atom is 0.265 e. The van der Waals surface area contributed by atoms with Crippen molar-refractivity contribution in [1.29, 1.82) is 0 Å². The zero-order valence-corrected chi connectivity index (χ0v) is 13.7. The van der Waals surface area contributed by atoms with Crippen molar-refractivity contribution in [1.82, 2.24) is 0 Å². The van der Waals surface area contributed by atoms with Crippen LogP contribution < -0.4 is 19.5 Å². The van der Waals surface area contributed by atoms with Gasteiger partial charge >= 0.3 is 0 Å². The Labute approximate surface area is 145 Å². The first-order valence-corrected chi connectivity index (χ1v) is 7.82. The topological polar surface area (TPSA) is 78.4 Å². The lowest BCUT2D eigenvalue weighted by atomic mass is 10.2. The molecular formula is C18H18N2O5. The van der Waals surface area contributed by atoms with Crippen LogP contribution in [-0.4, -0.2) is 32.1 Å². The van der Waals surface area contributed by atoms with Gasteiger partial charge in [-0.2, -0.15) is 0 Å². The third-order valence-electron chi connectivity index (χ3n) is 3.32. The summed E-state index contributed by atoms with van der Waals surface area (Å²) >= 11 is 0. The van der Waals surface area contributed by atoms with E-state index in [1.165, 1.54) is 6.21 Å². The number of benzene rings is 2. The Morgan fingerprint density at radius 2 is 2.00 bits per heavy atom. The van der Waals surface area contributed by atoms with Crippen molar-refractivity contribution in [2.45, 2.75) is 6.92 Å². The number of hydrogen-bond acceptors (Lipinski definition) is 6. The van der Waals surface area contributed by atoms with E-state index in [0.29, 0.717) is 23.8 Å². The number of fused-ring (bicyclic) bond motifs is 1. The van der Waals surface area contributed by atoms with E-state index in [4.69, 9.17) is 19.0 Å². The molecule has 0 spiro atoms. The molecule has 2 aromatic carbocycles. The highest BCUT2D eigenvalue weighted by Gasteiger charge is 2.12. The summed E-state index contributed by atoms with van der Waals surface area (Å²) in [5.74, 6) is 1.82. The summed E-state index contributed by atoms with van der Waals surface area (Å²) in [6.07, 6.45) is 1.51. The average molecular weight is 342 g/mol. The van der Waals surface area contributed by atoms with E-state index in [-0.39, 0.29) is 19.3 Å². The van der Waals surface area contributed by atoms with Crippen molar-refractivity contribution in [3.8, 4) is 17.2 Å². The van der Waals surface area contributed by atoms with Crippen molar-refractivity contribution < 1.29 is 23.8 Å². The molecule has 2 aromatic rings. The fourth-order valence-electron chi connectivity index (χ4n) is 2.19. The van der Waals surface area contributed by atoms with Crippen molar-refractivity contribution >= 4 is 17.8 Å². The maximum absolute atomic E-state index is 11.8. The van der Waals surface area contributed by atoms with Gasteiger partial charge in [0.15, 0.2) is 18.1 Å². The van der Waals surface area contributed by atoms with Crippen LogP contribution in [0.5, 0.6) is 17.2 Å². The lowest BCUT2D eigenvalue weighted by molar-refractivity contribution is -0.120. The second kappa shape index (κ2) is 8.05. The SMILES string of the molecule is CCOc1ccc(NC(=O)CO/N=C/c2ccc3c(c2)OCO3)cc1. The van der Waals surface area contributed by atoms with E-state index in [2.05, 4.69) is 10.5 Å². The zero-order valence-electron chi connectivity index (χ0n) is 13.7. The molecule has 0 aromatic heterocycles. The fraction of sp³-hybridized carbons (Fsp3) is 0.222. The standard InChI is InChI=1S/C18H18N2O5/c1-2-22-15-6-4-14(5-7-15)20-18(21)11-25-19-10-13-3-8-16-17(9-13)24-12-23-16/h3-10H,2,11-12H2,1H3,(H,20,21)/b19-10+. The first-order valence-electron chi connectivity index (χ1n) is 7.82. The summed E-state index contributed by atoms with van der Waals surface area (Å²) in [4.78, 5) is 16.8. The van der Waals surface area contributed by atoms with Gasteiger partial charge in [-0.3, -0.25) is 4.79 Å². The molecule has 0 bridgehead atoms. The highest BCUT2D eigenvalue weighted by molar-refractivity contribution is 5.91. The molecule has 7 heteroatoms. The third-order valence-corrected chi connectivity index (χ3v) is 3.32. The number of rotatable bonds is 7. The van der Waals surface area contributed by atoms with Crippen LogP contribution in [0.1, 0.15) is 12.5 Å². The second-order valence-electron chi connectivity index (χ2n) is 5.13. The number of oxime groups is 1. The number of carbonyl (C=O) groups is 1. The Hall–Kier alpha value is -3.22. The van der Waals surface area contributed by atoms with Gasteiger partial charge in [-0.25, -0.2) is 0 Å². The molecule has 0 fully saturated rings. The number of nitrogens with one attached hydrogen (secondary N) is 1. The Bertz CT molecular complexity index is 759. The van der Waals surface area contributed by atoms with Crippen molar-refractivity contribution in [2.75, 3.05) is 25.3 Å². The molecule has 3 rings (SSSR count). The summed E-state index contributed by atoms with van der Waals surface area (Å²) in [6, 6.07) is 12.5. The van der Waals surface area contributed by atoms with Crippen LogP contribution in [0.4, 0.5) is 5.69 Å². The lowest BCUT2D eigenvalue weighted by Gasteiger charge is -2.06. The highest BCUT2D eigenvalue weighted by Crippen LogP contribution is 2.31. The summed E-state index contributed by atoms with van der Waals surface area (Å²) < 4.78 is 15.8. The van der Waals surface area contributed by atoms with Crippen LogP contribution >= 0.6 is 0 Å². The number of nitrogens with zero attached hydrogens (tertiary/aromatic N) is 1. The van der Waals surface area contributed by atoms with Crippen LogP contribution in [0.15, 0.2) is 47.6 Å². The Kier molecular flexibility index (Phi) is 5.36. The van der Waals surface area contributed by atoms with E-state index >= 15 is 0 Å². The number of ether oxygens (including phenoxy) is 3. The fourth-order valence-corrected chi connectivity index (χ4v) is 2.19. The summed E-state index contributed by atoms with van der Waals surface area (Å²) in [6.45, 7) is 2.55. The minimum Gasteiger partial charge on any atom is -0.494 e. The molecule has 1 aliphatic rings. The van der Waals surface area contributed by atoms with Gasteiger partial charge in [0.1, 0.15) is 5.75 Å². The molecular weight excluding hydrogens is 324 g/mol. The molecule has 1 amide bonds. The van der Waals surface area contributed by atoms with Crippen LogP contribution in [0.25, 0.3) is 0 Å². The van der Waals surface area contributed by atoms with Crippen LogP contribution in [0.2, 0.25) is 0 Å². The molecule has 130 valence electrons. The van der Waals surface area contributed by atoms with Gasteiger partial charge in [-0.05, 0) is 49.4 Å². The van der Waals surface area contributed by atoms with Gasteiger partial charge in [-0.15, -0.1) is 0 Å². The normalized spacial score (nSPS) is 12.2. The predicted molar refractivity (Wildman–Crippen MR) is 92.4 cm³/mol. The second-order valence-corrected chi connectivity index (χ2v) is 5.13. The smallest absolute Gasteiger partial charge is 0.265 e. The van der Waals surface area contributed by atoms with Crippen molar-refractivity contribution in [3.05, 3.63) is 48.0 Å². The Morgan fingerprint density at radius 3 is 2.80 bits per heavy atom. The zero-order chi connectivity index (χ0) is 17.5. The number of amides is 1. The van der Waals surface area contributed by atoms with Crippen molar-refractivity contribution in [3.63, 3.8) is 0 Å². The van der Waals surface area contributed by atoms with Crippen LogP contribution in [0, 0.1) is 0 Å². The molecule has 1 N–H and O–H groups in total. The van der Waals surface area contributed by atoms with Gasteiger partial charge in [0.25, 0.3) is 5.91 Å². The minimum absolute atomic E-state index is 0.186. The van der Waals surface area contributed by atoms with E-state index < -0.39 is 0 Å². The Morgan fingerprint density at radius 1 is 1.20 bits per heavy atom. The molecule has 1 aliphatic heterocycles. The van der Waals surface area contributed by atoms with Gasteiger partial charge in [0.05, 0.1) is 12.8 Å². The summed E-state index contributed by atoms with van der Waals surface area (Å²) in [5, 5.41) is 6.50. The molecule has 25 heavy (non-hydrogen) atoms. The van der Waals surface area contributed by atoms with E-state index in [0.717, 1.165) is 11.3 Å². The first kappa shape index (κ1) is 16.6. The maximum atomic E-state index is 11.8. The Balaban J connectivity index is 1.44. The van der Waals surface area contributed by atoms with E-state index in [1.54, 1.807) is 36.4 Å². The van der Waals surface area contributed by atoms with E-state index in [9.17, 15) is 4.79 Å². The molecule has 7 nitrogen and oxygen atoms in total. The molecule has 0 unspecified atom stereocenters. The highest BCUT2D eigenvalue weighted by atomic mass is 16.7. The summed E-state index contributed by atoms with van der Waals surface area (Å²) in [7, 11) is 0. The largest absolute Gasteiger partial charge is 0.494 e. The molecule has 0 saturated carbocycles. The van der Waals surface area contributed by atoms with Gasteiger partial charge in [0.2, 0.25) is 6.79 Å². The molecule has 1 heterocycles. The van der Waals surface area contributed by atoms with Crippen molar-refractivity contribution in [2.24, 2.45) is 5.16 Å². The minimum atomic E-state index is -0.299. The predicted octanol–water partition coefficient (Wildman–Crippen LogP) is 2.80. The first-order chi connectivity index (χ1) is 12.2. The van der Waals surface area contributed by atoms with Crippen LogP contribution in [0.3, 0.4) is 0 Å². The quantitative estimate of drug-likeness (QED) is 0.618. The lowest BCUT2D eigenvalue weighted by Crippen LogP contribution is -2.16. The average Bonchev–Trinajstić information content (AvgIpc) is 3.08. The summed E-state index contributed by atoms with van der Waals surface area (Å²) in [5.41, 5.74) is 1.45. The monoisotopic (exact) mass is 342 g/mol. The number of carbonyl (C=O) groups excluding carboxylic acids is 1. The van der Waals surface area contributed by atoms with Gasteiger partial charge in [-0.1, -0.05) is 5.16 Å². The third kappa shape index (κ3) is 4.63.